The number of carbonyl (C=O) groups excluding carboxylic acids is 1. The molecule has 0 aliphatic carbocycles. The molecule has 2 aromatic rings. The average Bonchev–Trinajstić information content (AvgIpc) is 2.60. The maximum absolute atomic E-state index is 11.4. The molecule has 1 saturated heterocycles. The predicted octanol–water partition coefficient (Wildman–Crippen LogP) is 3.57. The van der Waals surface area contributed by atoms with E-state index in [9.17, 15) is 4.79 Å². The van der Waals surface area contributed by atoms with E-state index in [2.05, 4.69) is 10.3 Å². The summed E-state index contributed by atoms with van der Waals surface area (Å²) in [6, 6.07) is 5.78. The second-order valence-corrected chi connectivity index (χ2v) is 6.60. The summed E-state index contributed by atoms with van der Waals surface area (Å²) in [6.07, 6.45) is 3.70. The number of ether oxygens (including phenoxy) is 1. The van der Waals surface area contributed by atoms with Crippen LogP contribution in [0.1, 0.15) is 19.8 Å². The highest BCUT2D eigenvalue weighted by Crippen LogP contribution is 2.32. The van der Waals surface area contributed by atoms with E-state index in [0.29, 0.717) is 10.9 Å². The summed E-state index contributed by atoms with van der Waals surface area (Å²) in [7, 11) is 1.65. The number of nitrogens with one attached hydrogen (secondary N) is 1. The Morgan fingerprint density at radius 2 is 2.17 bits per heavy atom. The van der Waals surface area contributed by atoms with E-state index in [4.69, 9.17) is 16.3 Å². The third-order valence-corrected chi connectivity index (χ3v) is 4.94. The molecule has 1 aromatic heterocycles. The lowest BCUT2D eigenvalue weighted by molar-refractivity contribution is -0.130. The zero-order valence-electron chi connectivity index (χ0n) is 14.0. The molecule has 2 heterocycles. The van der Waals surface area contributed by atoms with Gasteiger partial charge in [0.15, 0.2) is 0 Å². The number of aromatic nitrogens is 1. The summed E-state index contributed by atoms with van der Waals surface area (Å²) in [5.74, 6) is 1.48. The molecule has 5 nitrogen and oxygen atoms in total. The van der Waals surface area contributed by atoms with Crippen molar-refractivity contribution >= 4 is 34.1 Å². The van der Waals surface area contributed by atoms with Gasteiger partial charge in [-0.3, -0.25) is 9.78 Å². The van der Waals surface area contributed by atoms with E-state index in [-0.39, 0.29) is 5.91 Å². The first-order chi connectivity index (χ1) is 11.6. The smallest absolute Gasteiger partial charge is 0.219 e. The normalized spacial score (nSPS) is 15.5. The summed E-state index contributed by atoms with van der Waals surface area (Å²) >= 11 is 6.36. The first-order valence-electron chi connectivity index (χ1n) is 8.20. The van der Waals surface area contributed by atoms with Crippen molar-refractivity contribution in [1.29, 1.82) is 0 Å². The van der Waals surface area contributed by atoms with E-state index in [1.807, 2.05) is 23.1 Å². The van der Waals surface area contributed by atoms with Crippen LogP contribution in [-0.4, -0.2) is 42.5 Å². The predicted molar refractivity (Wildman–Crippen MR) is 96.8 cm³/mol. The standard InChI is InChI=1S/C18H22ClN3O2/c1-12(23)22-7-5-13(6-8-22)10-21-18-15-9-14(24-2)3-4-17(15)20-11-16(18)19/h3-4,9,11,13H,5-8,10H2,1-2H3,(H,20,21). The quantitative estimate of drug-likeness (QED) is 0.918. The number of rotatable bonds is 4. The first-order valence-corrected chi connectivity index (χ1v) is 8.58. The minimum absolute atomic E-state index is 0.164. The fourth-order valence-corrected chi connectivity index (χ4v) is 3.37. The number of nitrogens with zero attached hydrogens (tertiary/aromatic N) is 2. The molecule has 0 saturated carbocycles. The number of hydrogen-bond acceptors (Lipinski definition) is 4. The monoisotopic (exact) mass is 347 g/mol. The Hall–Kier alpha value is -2.01. The Morgan fingerprint density at radius 1 is 1.42 bits per heavy atom. The number of methoxy groups -OCH3 is 1. The van der Waals surface area contributed by atoms with Gasteiger partial charge in [0, 0.05) is 38.1 Å². The van der Waals surface area contributed by atoms with Crippen molar-refractivity contribution in [2.24, 2.45) is 5.92 Å². The van der Waals surface area contributed by atoms with Crippen molar-refractivity contribution < 1.29 is 9.53 Å². The highest BCUT2D eigenvalue weighted by atomic mass is 35.5. The molecule has 0 spiro atoms. The number of anilines is 1. The number of pyridine rings is 1. The fraction of sp³-hybridized carbons (Fsp3) is 0.444. The lowest BCUT2D eigenvalue weighted by atomic mass is 9.96. The number of amides is 1. The van der Waals surface area contributed by atoms with Gasteiger partial charge in [-0.25, -0.2) is 0 Å². The number of halogens is 1. The molecule has 0 unspecified atom stereocenters. The number of hydrogen-bond donors (Lipinski definition) is 1. The molecular weight excluding hydrogens is 326 g/mol. The Labute approximate surface area is 146 Å². The number of likely N-dealkylation sites (tertiary alicyclic amines) is 1. The fourth-order valence-electron chi connectivity index (χ4n) is 3.15. The summed E-state index contributed by atoms with van der Waals surface area (Å²) in [4.78, 5) is 17.7. The molecule has 1 N–H and O–H groups in total. The molecule has 0 radical (unpaired) electrons. The number of benzene rings is 1. The van der Waals surface area contributed by atoms with Gasteiger partial charge >= 0.3 is 0 Å². The summed E-state index contributed by atoms with van der Waals surface area (Å²) in [5.41, 5.74) is 1.78. The minimum Gasteiger partial charge on any atom is -0.497 e. The molecule has 1 aliphatic rings. The molecule has 128 valence electrons. The second kappa shape index (κ2) is 7.26. The van der Waals surface area contributed by atoms with Crippen molar-refractivity contribution in [1.82, 2.24) is 9.88 Å². The summed E-state index contributed by atoms with van der Waals surface area (Å²) < 4.78 is 5.31. The molecule has 1 fully saturated rings. The van der Waals surface area contributed by atoms with Crippen LogP contribution < -0.4 is 10.1 Å². The van der Waals surface area contributed by atoms with Crippen LogP contribution >= 0.6 is 11.6 Å². The van der Waals surface area contributed by atoms with Crippen molar-refractivity contribution in [2.45, 2.75) is 19.8 Å². The van der Waals surface area contributed by atoms with Crippen LogP contribution in [-0.2, 0) is 4.79 Å². The number of piperidine rings is 1. The molecule has 24 heavy (non-hydrogen) atoms. The van der Waals surface area contributed by atoms with E-state index in [0.717, 1.165) is 54.8 Å². The van der Waals surface area contributed by atoms with Crippen molar-refractivity contribution in [2.75, 3.05) is 32.1 Å². The molecule has 1 aromatic carbocycles. The molecule has 1 aliphatic heterocycles. The SMILES string of the molecule is COc1ccc2ncc(Cl)c(NCC3CCN(C(C)=O)CC3)c2c1. The zero-order valence-corrected chi connectivity index (χ0v) is 14.8. The van der Waals surface area contributed by atoms with Crippen LogP contribution in [0.5, 0.6) is 5.75 Å². The van der Waals surface area contributed by atoms with Gasteiger partial charge in [-0.2, -0.15) is 0 Å². The summed E-state index contributed by atoms with van der Waals surface area (Å²) in [6.45, 7) is 4.14. The van der Waals surface area contributed by atoms with Gasteiger partial charge < -0.3 is 15.0 Å². The van der Waals surface area contributed by atoms with Crippen molar-refractivity contribution in [3.05, 3.63) is 29.4 Å². The highest BCUT2D eigenvalue weighted by molar-refractivity contribution is 6.34. The Morgan fingerprint density at radius 3 is 2.83 bits per heavy atom. The van der Waals surface area contributed by atoms with Crippen LogP contribution in [0.3, 0.4) is 0 Å². The lowest BCUT2D eigenvalue weighted by Crippen LogP contribution is -2.38. The van der Waals surface area contributed by atoms with Gasteiger partial charge in [-0.15, -0.1) is 0 Å². The van der Waals surface area contributed by atoms with E-state index >= 15 is 0 Å². The van der Waals surface area contributed by atoms with Crippen LogP contribution in [0.25, 0.3) is 10.9 Å². The first kappa shape index (κ1) is 16.8. The molecule has 1 amide bonds. The van der Waals surface area contributed by atoms with E-state index in [1.54, 1.807) is 20.2 Å². The largest absolute Gasteiger partial charge is 0.497 e. The van der Waals surface area contributed by atoms with Crippen molar-refractivity contribution in [3.63, 3.8) is 0 Å². The second-order valence-electron chi connectivity index (χ2n) is 6.19. The van der Waals surface area contributed by atoms with E-state index in [1.165, 1.54) is 0 Å². The molecule has 0 atom stereocenters. The van der Waals surface area contributed by atoms with Crippen molar-refractivity contribution in [3.8, 4) is 5.75 Å². The Bertz CT molecular complexity index is 742. The minimum atomic E-state index is 0.164. The number of carbonyl (C=O) groups is 1. The Kier molecular flexibility index (Phi) is 5.09. The van der Waals surface area contributed by atoms with Crippen LogP contribution in [0.4, 0.5) is 5.69 Å². The third-order valence-electron chi connectivity index (χ3n) is 4.66. The maximum atomic E-state index is 11.4. The number of fused-ring (bicyclic) bond motifs is 1. The molecule has 3 rings (SSSR count). The highest BCUT2D eigenvalue weighted by Gasteiger charge is 2.21. The maximum Gasteiger partial charge on any atom is 0.219 e. The van der Waals surface area contributed by atoms with Crippen LogP contribution in [0.2, 0.25) is 5.02 Å². The van der Waals surface area contributed by atoms with Gasteiger partial charge in [0.1, 0.15) is 5.75 Å². The average molecular weight is 348 g/mol. The van der Waals surface area contributed by atoms with Gasteiger partial charge in [-0.05, 0) is 37.0 Å². The zero-order chi connectivity index (χ0) is 17.1. The van der Waals surface area contributed by atoms with Gasteiger partial charge in [0.05, 0.1) is 23.3 Å². The topological polar surface area (TPSA) is 54.5 Å². The van der Waals surface area contributed by atoms with Crippen LogP contribution in [0.15, 0.2) is 24.4 Å². The van der Waals surface area contributed by atoms with Crippen LogP contribution in [0, 0.1) is 5.92 Å². The van der Waals surface area contributed by atoms with E-state index < -0.39 is 0 Å². The van der Waals surface area contributed by atoms with Gasteiger partial charge in [0.2, 0.25) is 5.91 Å². The Balaban J connectivity index is 1.73. The summed E-state index contributed by atoms with van der Waals surface area (Å²) in [5, 5.41) is 5.06. The molecule has 6 heteroatoms. The van der Waals surface area contributed by atoms with Gasteiger partial charge in [0.25, 0.3) is 0 Å². The third kappa shape index (κ3) is 3.56. The van der Waals surface area contributed by atoms with Gasteiger partial charge in [-0.1, -0.05) is 11.6 Å². The lowest BCUT2D eigenvalue weighted by Gasteiger charge is -2.31. The molecule has 0 bridgehead atoms. The molecular formula is C18H22ClN3O2.